The van der Waals surface area contributed by atoms with Crippen molar-refractivity contribution in [2.75, 3.05) is 11.9 Å². The summed E-state index contributed by atoms with van der Waals surface area (Å²) in [4.78, 5) is 12.5. The quantitative estimate of drug-likeness (QED) is 0.764. The summed E-state index contributed by atoms with van der Waals surface area (Å²) < 4.78 is 11.7. The number of amides is 1. The van der Waals surface area contributed by atoms with Crippen molar-refractivity contribution in [3.63, 3.8) is 0 Å². The van der Waals surface area contributed by atoms with Crippen LogP contribution in [-0.4, -0.2) is 46.3 Å². The van der Waals surface area contributed by atoms with Crippen molar-refractivity contribution in [3.05, 3.63) is 42.5 Å². The highest BCUT2D eigenvalue weighted by Gasteiger charge is 2.48. The molecule has 6 nitrogen and oxygen atoms in total. The molecule has 0 aromatic heterocycles. The van der Waals surface area contributed by atoms with E-state index in [-0.39, 0.29) is 6.61 Å². The molecule has 3 N–H and O–H groups in total. The van der Waals surface area contributed by atoms with Crippen LogP contribution in [0.2, 0.25) is 0 Å². The van der Waals surface area contributed by atoms with Gasteiger partial charge in [0.25, 0.3) is 0 Å². The minimum atomic E-state index is -0.984. The molecule has 0 saturated carbocycles. The zero-order valence-electron chi connectivity index (χ0n) is 15.9. The van der Waals surface area contributed by atoms with Crippen molar-refractivity contribution in [2.45, 2.75) is 57.0 Å². The predicted molar refractivity (Wildman–Crippen MR) is 104 cm³/mol. The number of benzene rings is 2. The van der Waals surface area contributed by atoms with Crippen LogP contribution in [-0.2, 0) is 9.47 Å². The zero-order valence-corrected chi connectivity index (χ0v) is 15.9. The van der Waals surface area contributed by atoms with E-state index in [1.165, 1.54) is 0 Å². The SMILES string of the molecule is CC1(C)O[C@](C)([C@H](O)CO)CC[C@@H]1OC(=O)Nc1cccc2ccccc12. The summed E-state index contributed by atoms with van der Waals surface area (Å²) in [6, 6.07) is 13.5. The Morgan fingerprint density at radius 2 is 1.96 bits per heavy atom. The number of hydrogen-bond acceptors (Lipinski definition) is 5. The lowest BCUT2D eigenvalue weighted by Gasteiger charge is -2.48. The minimum Gasteiger partial charge on any atom is -0.443 e. The fraction of sp³-hybridized carbons (Fsp3) is 0.476. The largest absolute Gasteiger partial charge is 0.443 e. The smallest absolute Gasteiger partial charge is 0.412 e. The van der Waals surface area contributed by atoms with E-state index in [4.69, 9.17) is 9.47 Å². The van der Waals surface area contributed by atoms with E-state index in [1.54, 1.807) is 6.92 Å². The van der Waals surface area contributed by atoms with Gasteiger partial charge in [-0.25, -0.2) is 4.79 Å². The summed E-state index contributed by atoms with van der Waals surface area (Å²) >= 11 is 0. The van der Waals surface area contributed by atoms with Crippen molar-refractivity contribution in [2.24, 2.45) is 0 Å². The van der Waals surface area contributed by atoms with Crippen molar-refractivity contribution in [1.82, 2.24) is 0 Å². The average molecular weight is 373 g/mol. The molecule has 1 saturated heterocycles. The maximum Gasteiger partial charge on any atom is 0.412 e. The molecule has 0 bridgehead atoms. The van der Waals surface area contributed by atoms with Crippen molar-refractivity contribution < 1.29 is 24.5 Å². The van der Waals surface area contributed by atoms with E-state index in [9.17, 15) is 15.0 Å². The first-order chi connectivity index (χ1) is 12.7. The topological polar surface area (TPSA) is 88.0 Å². The van der Waals surface area contributed by atoms with Gasteiger partial charge in [0.05, 0.1) is 17.9 Å². The normalized spacial score (nSPS) is 25.7. The number of ether oxygens (including phenoxy) is 2. The Morgan fingerprint density at radius 3 is 2.67 bits per heavy atom. The number of anilines is 1. The molecular weight excluding hydrogens is 346 g/mol. The van der Waals surface area contributed by atoms with Crippen molar-refractivity contribution >= 4 is 22.6 Å². The number of hydrogen-bond donors (Lipinski definition) is 3. The van der Waals surface area contributed by atoms with E-state index in [1.807, 2.05) is 56.3 Å². The van der Waals surface area contributed by atoms with Crippen LogP contribution in [0.3, 0.4) is 0 Å². The predicted octanol–water partition coefficient (Wildman–Crippen LogP) is 3.46. The molecule has 6 heteroatoms. The Hall–Kier alpha value is -2.15. The molecular formula is C21H27NO5. The summed E-state index contributed by atoms with van der Waals surface area (Å²) in [6.45, 7) is 5.04. The van der Waals surface area contributed by atoms with Gasteiger partial charge in [0.1, 0.15) is 17.8 Å². The molecule has 3 atom stereocenters. The molecule has 1 amide bonds. The number of aliphatic hydroxyl groups is 2. The molecule has 0 spiro atoms. The van der Waals surface area contributed by atoms with Crippen LogP contribution in [0.15, 0.2) is 42.5 Å². The highest BCUT2D eigenvalue weighted by atomic mass is 16.6. The van der Waals surface area contributed by atoms with Gasteiger partial charge in [-0.15, -0.1) is 0 Å². The molecule has 3 rings (SSSR count). The van der Waals surface area contributed by atoms with Crippen LogP contribution < -0.4 is 5.32 Å². The lowest BCUT2D eigenvalue weighted by molar-refractivity contribution is -0.247. The fourth-order valence-corrected chi connectivity index (χ4v) is 3.71. The third-order valence-electron chi connectivity index (χ3n) is 5.33. The Morgan fingerprint density at radius 1 is 1.26 bits per heavy atom. The van der Waals surface area contributed by atoms with Gasteiger partial charge in [-0.1, -0.05) is 36.4 Å². The van der Waals surface area contributed by atoms with Gasteiger partial charge >= 0.3 is 6.09 Å². The highest BCUT2D eigenvalue weighted by molar-refractivity contribution is 6.00. The first kappa shape index (κ1) is 19.6. The molecule has 0 aliphatic carbocycles. The molecule has 0 radical (unpaired) electrons. The standard InChI is InChI=1S/C21H27NO5/c1-20(2)18(11-12-21(3,27-20)17(24)13-23)26-19(25)22-16-10-6-8-14-7-4-5-9-15(14)16/h4-10,17-18,23-24H,11-13H2,1-3H3,(H,22,25)/t17-,18+,21+/m1/s1. The third kappa shape index (κ3) is 4.08. The number of nitrogens with one attached hydrogen (secondary N) is 1. The lowest BCUT2D eigenvalue weighted by Crippen LogP contribution is -2.58. The zero-order chi connectivity index (χ0) is 19.7. The maximum atomic E-state index is 12.5. The number of carbonyl (C=O) groups excluding carboxylic acids is 1. The van der Waals surface area contributed by atoms with E-state index in [0.29, 0.717) is 18.5 Å². The molecule has 146 valence electrons. The summed E-state index contributed by atoms with van der Waals surface area (Å²) in [5.41, 5.74) is -0.975. The van der Waals surface area contributed by atoms with E-state index in [0.717, 1.165) is 10.8 Å². The van der Waals surface area contributed by atoms with Gasteiger partial charge in [-0.3, -0.25) is 5.32 Å². The fourth-order valence-electron chi connectivity index (χ4n) is 3.71. The van der Waals surface area contributed by atoms with Gasteiger partial charge in [0.15, 0.2) is 0 Å². The second-order valence-corrected chi connectivity index (χ2v) is 7.80. The van der Waals surface area contributed by atoms with Gasteiger partial charge in [0, 0.05) is 5.39 Å². The Labute approximate surface area is 159 Å². The number of rotatable bonds is 4. The van der Waals surface area contributed by atoms with Crippen molar-refractivity contribution in [3.8, 4) is 0 Å². The summed E-state index contributed by atoms with van der Waals surface area (Å²) in [6.07, 6.45) is -0.985. The Kier molecular flexibility index (Phi) is 5.42. The summed E-state index contributed by atoms with van der Waals surface area (Å²) in [7, 11) is 0. The highest BCUT2D eigenvalue weighted by Crippen LogP contribution is 2.39. The van der Waals surface area contributed by atoms with Gasteiger partial charge in [-0.05, 0) is 45.1 Å². The van der Waals surface area contributed by atoms with Crippen LogP contribution in [0.1, 0.15) is 33.6 Å². The van der Waals surface area contributed by atoms with Gasteiger partial charge < -0.3 is 19.7 Å². The maximum absolute atomic E-state index is 12.5. The van der Waals surface area contributed by atoms with E-state index in [2.05, 4.69) is 5.32 Å². The molecule has 1 heterocycles. The molecule has 0 unspecified atom stereocenters. The van der Waals surface area contributed by atoms with E-state index >= 15 is 0 Å². The number of aliphatic hydroxyl groups excluding tert-OH is 2. The molecule has 2 aromatic carbocycles. The Balaban J connectivity index is 1.69. The second-order valence-electron chi connectivity index (χ2n) is 7.80. The monoisotopic (exact) mass is 373 g/mol. The van der Waals surface area contributed by atoms with Gasteiger partial charge in [0.2, 0.25) is 0 Å². The molecule has 1 aliphatic rings. The van der Waals surface area contributed by atoms with Crippen LogP contribution in [0.25, 0.3) is 10.8 Å². The Bertz CT molecular complexity index is 816. The molecule has 2 aromatic rings. The van der Waals surface area contributed by atoms with Crippen LogP contribution >= 0.6 is 0 Å². The molecule has 1 aliphatic heterocycles. The van der Waals surface area contributed by atoms with Crippen LogP contribution in [0.4, 0.5) is 10.5 Å². The minimum absolute atomic E-state index is 0.375. The van der Waals surface area contributed by atoms with Gasteiger partial charge in [-0.2, -0.15) is 0 Å². The van der Waals surface area contributed by atoms with Crippen LogP contribution in [0.5, 0.6) is 0 Å². The second kappa shape index (κ2) is 7.46. The van der Waals surface area contributed by atoms with Crippen molar-refractivity contribution in [1.29, 1.82) is 0 Å². The first-order valence-electron chi connectivity index (χ1n) is 9.20. The summed E-state index contributed by atoms with van der Waals surface area (Å²) in [5, 5.41) is 24.1. The summed E-state index contributed by atoms with van der Waals surface area (Å²) in [5.74, 6) is 0. The number of fused-ring (bicyclic) bond motifs is 1. The van der Waals surface area contributed by atoms with E-state index < -0.39 is 29.5 Å². The average Bonchev–Trinajstić information content (AvgIpc) is 2.63. The molecule has 27 heavy (non-hydrogen) atoms. The lowest BCUT2D eigenvalue weighted by atomic mass is 9.82. The first-order valence-corrected chi connectivity index (χ1v) is 9.20. The van der Waals surface area contributed by atoms with Crippen LogP contribution in [0, 0.1) is 0 Å². The number of carbonyl (C=O) groups is 1. The molecule has 1 fully saturated rings. The third-order valence-corrected chi connectivity index (χ3v) is 5.33.